The number of carbonyl (C=O) groups excluding carboxylic acids is 1. The Morgan fingerprint density at radius 1 is 1.00 bits per heavy atom. The zero-order valence-electron chi connectivity index (χ0n) is 20.2. The van der Waals surface area contributed by atoms with Crippen molar-refractivity contribution in [1.29, 1.82) is 0 Å². The minimum Gasteiger partial charge on any atom is -0.481 e. The van der Waals surface area contributed by atoms with Crippen molar-refractivity contribution in [3.8, 4) is 0 Å². The van der Waals surface area contributed by atoms with E-state index in [2.05, 4.69) is 49.8 Å². The largest absolute Gasteiger partial charge is 0.481 e. The molecular formula is C27H36N2O3S. The number of ketones is 1. The number of hydrogen-bond acceptors (Lipinski definition) is 4. The molecule has 0 aliphatic carbocycles. The molecule has 5 nitrogen and oxygen atoms in total. The van der Waals surface area contributed by atoms with Gasteiger partial charge in [-0.15, -0.1) is 11.3 Å². The van der Waals surface area contributed by atoms with Crippen LogP contribution in [0.25, 0.3) is 11.0 Å². The molecule has 0 aliphatic rings. The molecule has 0 amide bonds. The summed E-state index contributed by atoms with van der Waals surface area (Å²) in [7, 11) is 0. The standard InChI is InChI=1S/C27H36N2O3S/c1-5-18(6-2)20(16-27(31)32)15-25(30)19-11-12-24-23(14-19)28-26(17-22-10-9-13-33-22)29(24)21(7-3)8-4/h9-14,18,20-21H,5-8,15-17H2,1-4H3,(H,31,32). The minimum atomic E-state index is -0.836. The number of Topliss-reactive ketones (excluding diaryl/α,β-unsaturated/α-hetero) is 1. The number of carboxylic acid groups (broad SMARTS) is 1. The number of aliphatic carboxylic acids is 1. The third-order valence-electron chi connectivity index (χ3n) is 6.90. The van der Waals surface area contributed by atoms with E-state index < -0.39 is 5.97 Å². The Morgan fingerprint density at radius 2 is 1.73 bits per heavy atom. The quantitative estimate of drug-likeness (QED) is 0.270. The Kier molecular flexibility index (Phi) is 8.84. The Morgan fingerprint density at radius 3 is 2.30 bits per heavy atom. The molecule has 33 heavy (non-hydrogen) atoms. The minimum absolute atomic E-state index is 0.00643. The average Bonchev–Trinajstić information content (AvgIpc) is 3.43. The lowest BCUT2D eigenvalue weighted by molar-refractivity contribution is -0.138. The van der Waals surface area contributed by atoms with E-state index in [0.29, 0.717) is 11.6 Å². The van der Waals surface area contributed by atoms with Gasteiger partial charge < -0.3 is 9.67 Å². The zero-order valence-corrected chi connectivity index (χ0v) is 21.0. The molecule has 1 aromatic carbocycles. The van der Waals surface area contributed by atoms with Crippen LogP contribution in [0.4, 0.5) is 0 Å². The van der Waals surface area contributed by atoms with Crippen LogP contribution in [0.2, 0.25) is 0 Å². The molecule has 0 aliphatic heterocycles. The molecule has 1 atom stereocenters. The number of carboxylic acids is 1. The molecule has 0 spiro atoms. The first-order chi connectivity index (χ1) is 15.9. The maximum absolute atomic E-state index is 13.2. The molecule has 3 aromatic rings. The van der Waals surface area contributed by atoms with Gasteiger partial charge in [0.2, 0.25) is 0 Å². The van der Waals surface area contributed by atoms with Gasteiger partial charge in [0.05, 0.1) is 11.0 Å². The summed E-state index contributed by atoms with van der Waals surface area (Å²) in [6, 6.07) is 10.4. The van der Waals surface area contributed by atoms with E-state index in [9.17, 15) is 14.7 Å². The first kappa shape index (κ1) is 25.2. The van der Waals surface area contributed by atoms with E-state index in [1.165, 1.54) is 4.88 Å². The Hall–Kier alpha value is -2.47. The predicted molar refractivity (Wildman–Crippen MR) is 135 cm³/mol. The van der Waals surface area contributed by atoms with Crippen LogP contribution >= 0.6 is 11.3 Å². The van der Waals surface area contributed by atoms with Crippen molar-refractivity contribution in [2.75, 3.05) is 0 Å². The highest BCUT2D eigenvalue weighted by molar-refractivity contribution is 7.09. The van der Waals surface area contributed by atoms with E-state index in [-0.39, 0.29) is 30.5 Å². The van der Waals surface area contributed by atoms with Crippen LogP contribution in [-0.2, 0) is 11.2 Å². The number of rotatable bonds is 13. The van der Waals surface area contributed by atoms with Crippen molar-refractivity contribution in [2.24, 2.45) is 11.8 Å². The molecule has 0 bridgehead atoms. The van der Waals surface area contributed by atoms with Crippen molar-refractivity contribution in [1.82, 2.24) is 9.55 Å². The number of imidazole rings is 1. The second-order valence-corrected chi connectivity index (χ2v) is 9.92. The van der Waals surface area contributed by atoms with Gasteiger partial charge in [0.15, 0.2) is 5.78 Å². The molecule has 178 valence electrons. The van der Waals surface area contributed by atoms with E-state index in [1.54, 1.807) is 11.3 Å². The third kappa shape index (κ3) is 5.91. The fourth-order valence-electron chi connectivity index (χ4n) is 5.02. The highest BCUT2D eigenvalue weighted by atomic mass is 32.1. The fourth-order valence-corrected chi connectivity index (χ4v) is 5.72. The zero-order chi connectivity index (χ0) is 24.0. The second kappa shape index (κ2) is 11.6. The summed E-state index contributed by atoms with van der Waals surface area (Å²) >= 11 is 1.73. The van der Waals surface area contributed by atoms with Crippen LogP contribution in [0.1, 0.15) is 93.3 Å². The van der Waals surface area contributed by atoms with E-state index in [0.717, 1.165) is 49.0 Å². The molecule has 3 rings (SSSR count). The topological polar surface area (TPSA) is 72.2 Å². The molecule has 6 heteroatoms. The highest BCUT2D eigenvalue weighted by Gasteiger charge is 2.25. The van der Waals surface area contributed by atoms with Crippen LogP contribution in [0.3, 0.4) is 0 Å². The van der Waals surface area contributed by atoms with Gasteiger partial charge in [-0.25, -0.2) is 4.98 Å². The van der Waals surface area contributed by atoms with Crippen LogP contribution in [-0.4, -0.2) is 26.4 Å². The summed E-state index contributed by atoms with van der Waals surface area (Å²) in [6.45, 7) is 8.54. The summed E-state index contributed by atoms with van der Waals surface area (Å²) in [4.78, 5) is 30.8. The predicted octanol–water partition coefficient (Wildman–Crippen LogP) is 7.15. The number of fused-ring (bicyclic) bond motifs is 1. The van der Waals surface area contributed by atoms with Gasteiger partial charge in [-0.2, -0.15) is 0 Å². The summed E-state index contributed by atoms with van der Waals surface area (Å²) in [6.07, 6.45) is 4.88. The van der Waals surface area contributed by atoms with E-state index in [4.69, 9.17) is 4.98 Å². The molecular weight excluding hydrogens is 432 g/mol. The van der Waals surface area contributed by atoms with Gasteiger partial charge in [-0.05, 0) is 54.3 Å². The van der Waals surface area contributed by atoms with Crippen molar-refractivity contribution < 1.29 is 14.7 Å². The molecule has 0 saturated heterocycles. The first-order valence-corrected chi connectivity index (χ1v) is 13.1. The summed E-state index contributed by atoms with van der Waals surface area (Å²) in [5, 5.41) is 11.4. The summed E-state index contributed by atoms with van der Waals surface area (Å²) < 4.78 is 2.35. The maximum Gasteiger partial charge on any atom is 0.303 e. The summed E-state index contributed by atoms with van der Waals surface area (Å²) in [5.74, 6) is 0.299. The normalized spacial score (nSPS) is 12.7. The lowest BCUT2D eigenvalue weighted by Gasteiger charge is -2.23. The molecule has 0 saturated carbocycles. The number of hydrogen-bond donors (Lipinski definition) is 1. The fraction of sp³-hybridized carbons (Fsp3) is 0.519. The SMILES string of the molecule is CCC(CC)C(CC(=O)O)CC(=O)c1ccc2c(c1)nc(Cc1cccs1)n2C(CC)CC. The molecule has 0 fully saturated rings. The van der Waals surface area contributed by atoms with Crippen LogP contribution in [0.5, 0.6) is 0 Å². The lowest BCUT2D eigenvalue weighted by atomic mass is 9.81. The van der Waals surface area contributed by atoms with Gasteiger partial charge in [-0.1, -0.05) is 46.6 Å². The van der Waals surface area contributed by atoms with Gasteiger partial charge in [0.25, 0.3) is 0 Å². The number of nitrogens with zero attached hydrogens (tertiary/aromatic N) is 2. The molecule has 1 N–H and O–H groups in total. The molecule has 0 radical (unpaired) electrons. The average molecular weight is 469 g/mol. The van der Waals surface area contributed by atoms with Gasteiger partial charge in [0, 0.05) is 35.7 Å². The van der Waals surface area contributed by atoms with Gasteiger partial charge in [0.1, 0.15) is 5.82 Å². The first-order valence-electron chi connectivity index (χ1n) is 12.2. The van der Waals surface area contributed by atoms with Crippen LogP contribution in [0.15, 0.2) is 35.7 Å². The monoisotopic (exact) mass is 468 g/mol. The number of carbonyl (C=O) groups is 2. The maximum atomic E-state index is 13.2. The van der Waals surface area contributed by atoms with Gasteiger partial charge >= 0.3 is 5.97 Å². The second-order valence-electron chi connectivity index (χ2n) is 8.89. The number of aromatic nitrogens is 2. The van der Waals surface area contributed by atoms with Crippen LogP contribution in [0, 0.1) is 11.8 Å². The molecule has 2 heterocycles. The van der Waals surface area contributed by atoms with E-state index >= 15 is 0 Å². The van der Waals surface area contributed by atoms with Crippen molar-refractivity contribution in [2.45, 2.75) is 78.7 Å². The molecule has 2 aromatic heterocycles. The van der Waals surface area contributed by atoms with E-state index in [1.807, 2.05) is 18.2 Å². The van der Waals surface area contributed by atoms with Crippen molar-refractivity contribution in [3.63, 3.8) is 0 Å². The molecule has 1 unspecified atom stereocenters. The van der Waals surface area contributed by atoms with Crippen molar-refractivity contribution in [3.05, 3.63) is 52.0 Å². The van der Waals surface area contributed by atoms with Crippen molar-refractivity contribution >= 4 is 34.1 Å². The smallest absolute Gasteiger partial charge is 0.303 e. The number of benzene rings is 1. The Labute approximate surface area is 200 Å². The highest BCUT2D eigenvalue weighted by Crippen LogP contribution is 2.31. The Bertz CT molecular complexity index is 1060. The number of thiophene rings is 1. The van der Waals surface area contributed by atoms with Gasteiger partial charge in [-0.3, -0.25) is 9.59 Å². The lowest BCUT2D eigenvalue weighted by Crippen LogP contribution is -2.21. The summed E-state index contributed by atoms with van der Waals surface area (Å²) in [5.41, 5.74) is 2.53. The van der Waals surface area contributed by atoms with Crippen LogP contribution < -0.4 is 0 Å². The third-order valence-corrected chi connectivity index (χ3v) is 7.78. The Balaban J connectivity index is 1.95.